The lowest BCUT2D eigenvalue weighted by Crippen LogP contribution is -2.19. The van der Waals surface area contributed by atoms with Gasteiger partial charge in [0.15, 0.2) is 3.61 Å². The molecule has 0 aromatic carbocycles. The molecule has 0 saturated carbocycles. The summed E-state index contributed by atoms with van der Waals surface area (Å²) in [6, 6.07) is 0. The lowest BCUT2D eigenvalue weighted by atomic mass is 10.2. The van der Waals surface area contributed by atoms with Crippen LogP contribution in [0.5, 0.6) is 0 Å². The van der Waals surface area contributed by atoms with Gasteiger partial charge in [-0.3, -0.25) is 0 Å². The molecule has 0 aromatic rings. The summed E-state index contributed by atoms with van der Waals surface area (Å²) in [6.45, 7) is 17.4. The van der Waals surface area contributed by atoms with Crippen LogP contribution in [-0.4, -0.2) is 9.21 Å². The fourth-order valence-corrected chi connectivity index (χ4v) is 1.39. The summed E-state index contributed by atoms with van der Waals surface area (Å²) >= 11 is 2.23. The van der Waals surface area contributed by atoms with Crippen molar-refractivity contribution in [2.75, 3.05) is 0 Å². The van der Waals surface area contributed by atoms with Gasteiger partial charge >= 0.3 is 0 Å². The Morgan fingerprint density at radius 2 is 1.56 bits per heavy atom. The molecule has 3 heteroatoms. The largest absolute Gasteiger partial charge is 0.488 e. The number of halogens is 1. The molecule has 2 nitrogen and oxygen atoms in total. The van der Waals surface area contributed by atoms with E-state index in [1.54, 1.807) is 18.2 Å². The van der Waals surface area contributed by atoms with E-state index in [0.717, 1.165) is 0 Å². The summed E-state index contributed by atoms with van der Waals surface area (Å²) in [5.74, 6) is 1.37. The Morgan fingerprint density at radius 1 is 1.00 bits per heavy atom. The molecule has 0 saturated heterocycles. The van der Waals surface area contributed by atoms with Crippen LogP contribution in [0.2, 0.25) is 0 Å². The molecule has 0 unspecified atom stereocenters. The van der Waals surface area contributed by atoms with Gasteiger partial charge in [0.05, 0.1) is 0 Å². The molecule has 0 fully saturated rings. The van der Waals surface area contributed by atoms with Crippen molar-refractivity contribution < 1.29 is 9.47 Å². The van der Waals surface area contributed by atoms with Crippen molar-refractivity contribution >= 4 is 22.6 Å². The predicted octanol–water partition coefficient (Wildman–Crippen LogP) is 5.13. The number of hydrogen-bond donors (Lipinski definition) is 0. The maximum absolute atomic E-state index is 5.80. The van der Waals surface area contributed by atoms with E-state index in [1.807, 2.05) is 40.7 Å². The molecule has 0 N–H and O–H groups in total. The molecule has 0 aliphatic heterocycles. The molecule has 18 heavy (non-hydrogen) atoms. The average molecular weight is 362 g/mol. The van der Waals surface area contributed by atoms with Crippen LogP contribution in [0.25, 0.3) is 0 Å². The molecule has 102 valence electrons. The smallest absolute Gasteiger partial charge is 0.153 e. The first-order valence-electron chi connectivity index (χ1n) is 5.81. The fourth-order valence-electron chi connectivity index (χ4n) is 1.13. The van der Waals surface area contributed by atoms with Gasteiger partial charge in [0.25, 0.3) is 0 Å². The second kappa shape index (κ2) is 7.02. The highest BCUT2D eigenvalue weighted by atomic mass is 127. The van der Waals surface area contributed by atoms with E-state index >= 15 is 0 Å². The molecular weight excluding hydrogens is 339 g/mol. The Morgan fingerprint density at radius 3 is 1.89 bits per heavy atom. The number of hydrogen-bond acceptors (Lipinski definition) is 2. The third kappa shape index (κ3) is 9.33. The van der Waals surface area contributed by atoms with E-state index in [1.165, 1.54) is 0 Å². The second-order valence-electron chi connectivity index (χ2n) is 5.24. The van der Waals surface area contributed by atoms with Crippen LogP contribution in [0, 0.1) is 0 Å². The van der Waals surface area contributed by atoms with E-state index < -0.39 is 0 Å². The minimum absolute atomic E-state index is 0.265. The average Bonchev–Trinajstić information content (AvgIpc) is 2.12. The number of allylic oxidation sites excluding steroid dienone is 4. The zero-order chi connectivity index (χ0) is 14.4. The Bertz CT molecular complexity index is 352. The van der Waals surface area contributed by atoms with Crippen LogP contribution >= 0.6 is 22.6 Å². The highest BCUT2D eigenvalue weighted by Gasteiger charge is 2.16. The molecule has 0 bridgehead atoms. The first-order chi connectivity index (χ1) is 8.07. The van der Waals surface area contributed by atoms with Crippen molar-refractivity contribution in [1.29, 1.82) is 0 Å². The molecular formula is C15H23IO2. The first-order valence-corrected chi connectivity index (χ1v) is 6.89. The van der Waals surface area contributed by atoms with Crippen LogP contribution < -0.4 is 0 Å². The highest BCUT2D eigenvalue weighted by molar-refractivity contribution is 14.1. The van der Waals surface area contributed by atoms with Crippen LogP contribution in [0.1, 0.15) is 34.6 Å². The van der Waals surface area contributed by atoms with E-state index in [-0.39, 0.29) is 9.21 Å². The predicted molar refractivity (Wildman–Crippen MR) is 86.6 cm³/mol. The Kier molecular flexibility index (Phi) is 6.74. The zero-order valence-corrected chi connectivity index (χ0v) is 14.1. The molecule has 0 atom stereocenters. The summed E-state index contributed by atoms with van der Waals surface area (Å²) in [5.41, 5.74) is -0.265. The Balaban J connectivity index is 5.08. The Hall–Kier alpha value is -0.710. The lowest BCUT2D eigenvalue weighted by molar-refractivity contribution is 0.0582. The minimum atomic E-state index is -0.295. The van der Waals surface area contributed by atoms with Gasteiger partial charge in [-0.25, -0.2) is 0 Å². The van der Waals surface area contributed by atoms with Crippen molar-refractivity contribution in [3.63, 3.8) is 0 Å². The summed E-state index contributed by atoms with van der Waals surface area (Å²) in [7, 11) is 0. The van der Waals surface area contributed by atoms with Gasteiger partial charge in [-0.15, -0.1) is 0 Å². The number of ether oxygens (including phenoxy) is 2. The third-order valence-electron chi connectivity index (χ3n) is 1.55. The van der Waals surface area contributed by atoms with Crippen LogP contribution in [0.15, 0.2) is 49.0 Å². The molecule has 0 aliphatic carbocycles. The van der Waals surface area contributed by atoms with Gasteiger partial charge in [-0.1, -0.05) is 19.2 Å². The van der Waals surface area contributed by atoms with Gasteiger partial charge < -0.3 is 9.47 Å². The van der Waals surface area contributed by atoms with Gasteiger partial charge in [0.2, 0.25) is 0 Å². The van der Waals surface area contributed by atoms with Gasteiger partial charge in [0.1, 0.15) is 17.1 Å². The third-order valence-corrected chi connectivity index (χ3v) is 1.77. The molecule has 0 aliphatic rings. The first kappa shape index (κ1) is 17.3. The summed E-state index contributed by atoms with van der Waals surface area (Å²) < 4.78 is 11.3. The van der Waals surface area contributed by atoms with E-state index in [0.29, 0.717) is 11.5 Å². The lowest BCUT2D eigenvalue weighted by Gasteiger charge is -2.24. The topological polar surface area (TPSA) is 18.5 Å². The SMILES string of the molecule is C=C/C=C(\C=C(/C=C)OC(C)(C)C)OC(C)(C)I. The molecule has 0 amide bonds. The molecule has 0 aromatic heterocycles. The maximum Gasteiger partial charge on any atom is 0.153 e. The van der Waals surface area contributed by atoms with Crippen LogP contribution in [-0.2, 0) is 9.47 Å². The number of alkyl halides is 1. The fraction of sp³-hybridized carbons (Fsp3) is 0.467. The maximum atomic E-state index is 5.80. The van der Waals surface area contributed by atoms with E-state index in [4.69, 9.17) is 9.47 Å². The second-order valence-corrected chi connectivity index (χ2v) is 7.83. The van der Waals surface area contributed by atoms with Crippen molar-refractivity contribution in [1.82, 2.24) is 0 Å². The highest BCUT2D eigenvalue weighted by Crippen LogP contribution is 2.24. The molecule has 0 rings (SSSR count). The van der Waals surface area contributed by atoms with Crippen molar-refractivity contribution in [2.45, 2.75) is 43.8 Å². The van der Waals surface area contributed by atoms with Crippen molar-refractivity contribution in [3.05, 3.63) is 49.0 Å². The molecule has 0 heterocycles. The van der Waals surface area contributed by atoms with Gasteiger partial charge in [-0.2, -0.15) is 0 Å². The zero-order valence-electron chi connectivity index (χ0n) is 11.9. The number of rotatable bonds is 6. The molecule has 0 radical (unpaired) electrons. The van der Waals surface area contributed by atoms with Crippen LogP contribution in [0.4, 0.5) is 0 Å². The van der Waals surface area contributed by atoms with E-state index in [9.17, 15) is 0 Å². The minimum Gasteiger partial charge on any atom is -0.488 e. The summed E-state index contributed by atoms with van der Waals surface area (Å²) in [6.07, 6.45) is 6.98. The van der Waals surface area contributed by atoms with Gasteiger partial charge in [0, 0.05) is 6.08 Å². The Labute approximate surface area is 125 Å². The summed E-state index contributed by atoms with van der Waals surface area (Å²) in [5, 5.41) is 0. The van der Waals surface area contributed by atoms with Crippen LogP contribution in [0.3, 0.4) is 0 Å². The quantitative estimate of drug-likeness (QED) is 0.282. The van der Waals surface area contributed by atoms with Crippen molar-refractivity contribution in [2.24, 2.45) is 0 Å². The van der Waals surface area contributed by atoms with Crippen molar-refractivity contribution in [3.8, 4) is 0 Å². The monoisotopic (exact) mass is 362 g/mol. The standard InChI is InChI=1S/C15H23IO2/c1-8-10-13(18-15(6,7)16)11-12(9-2)17-14(3,4)5/h8-11H,1-2H2,3-7H3/b12-11+,13-10+. The van der Waals surface area contributed by atoms with E-state index in [2.05, 4.69) is 35.7 Å². The normalized spacial score (nSPS) is 14.1. The summed E-state index contributed by atoms with van der Waals surface area (Å²) in [4.78, 5) is 0. The van der Waals surface area contributed by atoms with Gasteiger partial charge in [-0.05, 0) is 69.4 Å². The molecule has 0 spiro atoms.